The molecule has 0 bridgehead atoms. The highest BCUT2D eigenvalue weighted by Crippen LogP contribution is 2.29. The molecule has 0 saturated carbocycles. The predicted molar refractivity (Wildman–Crippen MR) is 72.6 cm³/mol. The van der Waals surface area contributed by atoms with Gasteiger partial charge in [-0.3, -0.25) is 0 Å². The molecule has 0 atom stereocenters. The molecule has 0 aliphatic heterocycles. The second-order valence-corrected chi connectivity index (χ2v) is 4.80. The molecule has 0 radical (unpaired) electrons. The summed E-state index contributed by atoms with van der Waals surface area (Å²) in [6.45, 7) is 0. The molecule has 0 aliphatic carbocycles. The Morgan fingerprint density at radius 1 is 1.00 bits per heavy atom. The van der Waals surface area contributed by atoms with Crippen LogP contribution in [0.1, 0.15) is 5.56 Å². The molecule has 0 unspecified atom stereocenters. The standard InChI is InChI=1S/C14H8N4S/c15-7-10-5-6-13(16-8-10)19-14-11-3-1-2-4-12(11)17-9-18-14/h1-6,8-9H. The van der Waals surface area contributed by atoms with Crippen LogP contribution in [0.15, 0.2) is 59.0 Å². The first-order valence-electron chi connectivity index (χ1n) is 5.60. The van der Waals surface area contributed by atoms with Gasteiger partial charge in [-0.15, -0.1) is 0 Å². The lowest BCUT2D eigenvalue weighted by Gasteiger charge is -2.03. The number of para-hydroxylation sites is 1. The molecule has 0 amide bonds. The Hall–Kier alpha value is -2.45. The minimum Gasteiger partial charge on any atom is -0.248 e. The SMILES string of the molecule is N#Cc1ccc(Sc2ncnc3ccccc23)nc1. The summed E-state index contributed by atoms with van der Waals surface area (Å²) >= 11 is 1.46. The van der Waals surface area contributed by atoms with Crippen molar-refractivity contribution >= 4 is 22.7 Å². The largest absolute Gasteiger partial charge is 0.248 e. The van der Waals surface area contributed by atoms with Crippen LogP contribution in [-0.2, 0) is 0 Å². The van der Waals surface area contributed by atoms with Gasteiger partial charge >= 0.3 is 0 Å². The number of benzene rings is 1. The molecular weight excluding hydrogens is 256 g/mol. The molecular formula is C14H8N4S. The maximum absolute atomic E-state index is 8.74. The Morgan fingerprint density at radius 3 is 2.68 bits per heavy atom. The van der Waals surface area contributed by atoms with Gasteiger partial charge in [0, 0.05) is 11.6 Å². The van der Waals surface area contributed by atoms with E-state index < -0.39 is 0 Å². The van der Waals surface area contributed by atoms with Crippen molar-refractivity contribution in [3.63, 3.8) is 0 Å². The summed E-state index contributed by atoms with van der Waals surface area (Å²) in [5.41, 5.74) is 1.46. The Morgan fingerprint density at radius 2 is 1.89 bits per heavy atom. The third-order valence-corrected chi connectivity index (χ3v) is 3.54. The van der Waals surface area contributed by atoms with Crippen LogP contribution < -0.4 is 0 Å². The molecule has 1 aromatic carbocycles. The van der Waals surface area contributed by atoms with E-state index in [1.54, 1.807) is 18.6 Å². The molecule has 2 heterocycles. The topological polar surface area (TPSA) is 62.5 Å². The van der Waals surface area contributed by atoms with Gasteiger partial charge in [-0.2, -0.15) is 5.26 Å². The van der Waals surface area contributed by atoms with Crippen LogP contribution in [0.2, 0.25) is 0 Å². The first-order valence-corrected chi connectivity index (χ1v) is 6.42. The number of pyridine rings is 1. The summed E-state index contributed by atoms with van der Waals surface area (Å²) in [6.07, 6.45) is 3.11. The molecule has 2 aromatic heterocycles. The molecule has 90 valence electrons. The van der Waals surface area contributed by atoms with Crippen molar-refractivity contribution in [1.82, 2.24) is 15.0 Å². The molecule has 19 heavy (non-hydrogen) atoms. The average Bonchev–Trinajstić information content (AvgIpc) is 2.48. The van der Waals surface area contributed by atoms with Crippen LogP contribution in [0.25, 0.3) is 10.9 Å². The highest BCUT2D eigenvalue weighted by molar-refractivity contribution is 7.99. The zero-order valence-corrected chi connectivity index (χ0v) is 10.6. The summed E-state index contributed by atoms with van der Waals surface area (Å²) in [6, 6.07) is 13.5. The third-order valence-electron chi connectivity index (χ3n) is 2.57. The minimum absolute atomic E-state index is 0.553. The van der Waals surface area contributed by atoms with E-state index in [2.05, 4.69) is 21.0 Å². The van der Waals surface area contributed by atoms with Crippen molar-refractivity contribution < 1.29 is 0 Å². The van der Waals surface area contributed by atoms with Crippen LogP contribution in [0.5, 0.6) is 0 Å². The van der Waals surface area contributed by atoms with Crippen molar-refractivity contribution in [1.29, 1.82) is 5.26 Å². The van der Waals surface area contributed by atoms with E-state index in [4.69, 9.17) is 5.26 Å². The molecule has 0 spiro atoms. The first kappa shape index (κ1) is 11.6. The molecule has 0 N–H and O–H groups in total. The highest BCUT2D eigenvalue weighted by atomic mass is 32.2. The van der Waals surface area contributed by atoms with Crippen molar-refractivity contribution in [2.75, 3.05) is 0 Å². The second kappa shape index (κ2) is 5.04. The Bertz CT molecular complexity index is 757. The van der Waals surface area contributed by atoms with E-state index in [1.165, 1.54) is 11.8 Å². The lowest BCUT2D eigenvalue weighted by molar-refractivity contribution is 1.08. The number of rotatable bonds is 2. The fourth-order valence-electron chi connectivity index (χ4n) is 1.67. The Kier molecular flexibility index (Phi) is 3.09. The molecule has 3 rings (SSSR count). The minimum atomic E-state index is 0.553. The fourth-order valence-corrected chi connectivity index (χ4v) is 2.49. The van der Waals surface area contributed by atoms with Gasteiger partial charge in [-0.25, -0.2) is 15.0 Å². The number of nitrogens with zero attached hydrogens (tertiary/aromatic N) is 4. The number of aromatic nitrogens is 3. The van der Waals surface area contributed by atoms with Crippen molar-refractivity contribution in [3.8, 4) is 6.07 Å². The van der Waals surface area contributed by atoms with Crippen LogP contribution in [0.3, 0.4) is 0 Å². The lowest BCUT2D eigenvalue weighted by Crippen LogP contribution is -1.88. The van der Waals surface area contributed by atoms with Crippen molar-refractivity contribution in [3.05, 3.63) is 54.5 Å². The average molecular weight is 264 g/mol. The summed E-state index contributed by atoms with van der Waals surface area (Å²) in [7, 11) is 0. The highest BCUT2D eigenvalue weighted by Gasteiger charge is 2.06. The van der Waals surface area contributed by atoms with Crippen LogP contribution in [-0.4, -0.2) is 15.0 Å². The Labute approximate surface area is 114 Å². The first-order chi connectivity index (χ1) is 9.36. The summed E-state index contributed by atoms with van der Waals surface area (Å²) in [5, 5.41) is 11.4. The van der Waals surface area contributed by atoms with E-state index in [1.807, 2.05) is 30.3 Å². The van der Waals surface area contributed by atoms with E-state index in [9.17, 15) is 0 Å². The summed E-state index contributed by atoms with van der Waals surface area (Å²) in [4.78, 5) is 12.7. The van der Waals surface area contributed by atoms with E-state index in [0.29, 0.717) is 5.56 Å². The van der Waals surface area contributed by atoms with Gasteiger partial charge in [0.2, 0.25) is 0 Å². The number of nitriles is 1. The Balaban J connectivity index is 1.99. The third kappa shape index (κ3) is 2.39. The number of fused-ring (bicyclic) bond motifs is 1. The lowest BCUT2D eigenvalue weighted by atomic mass is 10.2. The maximum atomic E-state index is 8.74. The molecule has 5 heteroatoms. The summed E-state index contributed by atoms with van der Waals surface area (Å²) < 4.78 is 0. The quantitative estimate of drug-likeness (QED) is 0.666. The predicted octanol–water partition coefficient (Wildman–Crippen LogP) is 3.05. The molecule has 4 nitrogen and oxygen atoms in total. The molecule has 3 aromatic rings. The summed E-state index contributed by atoms with van der Waals surface area (Å²) in [5.74, 6) is 0. The van der Waals surface area contributed by atoms with Gasteiger partial charge in [0.15, 0.2) is 0 Å². The van der Waals surface area contributed by atoms with Gasteiger partial charge in [-0.05, 0) is 30.0 Å². The van der Waals surface area contributed by atoms with E-state index in [-0.39, 0.29) is 0 Å². The number of hydrogen-bond donors (Lipinski definition) is 0. The van der Waals surface area contributed by atoms with Crippen molar-refractivity contribution in [2.24, 2.45) is 0 Å². The van der Waals surface area contributed by atoms with Gasteiger partial charge < -0.3 is 0 Å². The van der Waals surface area contributed by atoms with Gasteiger partial charge in [0.25, 0.3) is 0 Å². The van der Waals surface area contributed by atoms with Crippen LogP contribution in [0.4, 0.5) is 0 Å². The van der Waals surface area contributed by atoms with Crippen LogP contribution >= 0.6 is 11.8 Å². The van der Waals surface area contributed by atoms with Crippen LogP contribution in [0, 0.1) is 11.3 Å². The van der Waals surface area contributed by atoms with E-state index in [0.717, 1.165) is 21.0 Å². The molecule has 0 fully saturated rings. The van der Waals surface area contributed by atoms with Gasteiger partial charge in [-0.1, -0.05) is 18.2 Å². The normalized spacial score (nSPS) is 10.3. The maximum Gasteiger partial charge on any atom is 0.117 e. The molecule has 0 aliphatic rings. The fraction of sp³-hybridized carbons (Fsp3) is 0. The zero-order chi connectivity index (χ0) is 13.1. The van der Waals surface area contributed by atoms with E-state index >= 15 is 0 Å². The second-order valence-electron chi connectivity index (χ2n) is 3.79. The van der Waals surface area contributed by atoms with Crippen molar-refractivity contribution in [2.45, 2.75) is 10.1 Å². The number of hydrogen-bond acceptors (Lipinski definition) is 5. The van der Waals surface area contributed by atoms with Gasteiger partial charge in [0.1, 0.15) is 22.4 Å². The zero-order valence-electron chi connectivity index (χ0n) is 9.82. The smallest absolute Gasteiger partial charge is 0.117 e. The molecule has 0 saturated heterocycles. The monoisotopic (exact) mass is 264 g/mol. The van der Waals surface area contributed by atoms with Gasteiger partial charge in [0.05, 0.1) is 11.1 Å².